The first-order chi connectivity index (χ1) is 12.2. The van der Waals surface area contributed by atoms with E-state index in [0.717, 1.165) is 6.61 Å². The van der Waals surface area contributed by atoms with Gasteiger partial charge in [-0.3, -0.25) is 0 Å². The van der Waals surface area contributed by atoms with Crippen LogP contribution in [0, 0.1) is 0 Å². The van der Waals surface area contributed by atoms with Gasteiger partial charge in [0.15, 0.2) is 9.76 Å². The topological polar surface area (TPSA) is 19.0 Å². The summed E-state index contributed by atoms with van der Waals surface area (Å²) < 4.78 is 5.88. The van der Waals surface area contributed by atoms with Crippen LogP contribution in [-0.4, -0.2) is 90.0 Å². The van der Waals surface area contributed by atoms with Crippen LogP contribution in [0.3, 0.4) is 0 Å². The van der Waals surface area contributed by atoms with Gasteiger partial charge in [0.2, 0.25) is 0 Å². The summed E-state index contributed by atoms with van der Waals surface area (Å²) in [6.07, 6.45) is 5.07. The smallest absolute Gasteiger partial charge is 0.162 e. The summed E-state index contributed by atoms with van der Waals surface area (Å²) >= 11 is 0. The van der Waals surface area contributed by atoms with Crippen LogP contribution in [0.15, 0.2) is 0 Å². The van der Waals surface area contributed by atoms with E-state index in [-0.39, 0.29) is 9.76 Å². The minimum absolute atomic E-state index is 0.310. The molecule has 0 aliphatic rings. The largest absolute Gasteiger partial charge is 0.424 e. The van der Waals surface area contributed by atoms with Crippen molar-refractivity contribution in [3.05, 3.63) is 0 Å². The van der Waals surface area contributed by atoms with Gasteiger partial charge < -0.3 is 19.1 Å². The molecule has 5 heteroatoms. The Labute approximate surface area is 161 Å². The minimum atomic E-state index is -0.310. The standard InChI is InChI=1S/C20H47N3OSi/c1-6-11-19-24-25-20-18-23(16-12-14-21(7-2)8-3)17-13-15-22(9-4)10-5/h6-20,25H2,1-5H3. The van der Waals surface area contributed by atoms with Gasteiger partial charge >= 0.3 is 0 Å². The van der Waals surface area contributed by atoms with E-state index in [1.807, 2.05) is 0 Å². The van der Waals surface area contributed by atoms with E-state index in [0.29, 0.717) is 0 Å². The number of rotatable bonds is 19. The summed E-state index contributed by atoms with van der Waals surface area (Å²) in [4.78, 5) is 7.77. The lowest BCUT2D eigenvalue weighted by Gasteiger charge is -2.26. The molecule has 0 aromatic heterocycles. The van der Waals surface area contributed by atoms with E-state index in [4.69, 9.17) is 4.43 Å². The highest BCUT2D eigenvalue weighted by molar-refractivity contribution is 6.27. The zero-order valence-corrected chi connectivity index (χ0v) is 19.5. The zero-order chi connectivity index (χ0) is 18.8. The lowest BCUT2D eigenvalue weighted by atomic mass is 10.3. The van der Waals surface area contributed by atoms with Crippen molar-refractivity contribution in [3.63, 3.8) is 0 Å². The van der Waals surface area contributed by atoms with Gasteiger partial charge in [-0.15, -0.1) is 0 Å². The van der Waals surface area contributed by atoms with Crippen molar-refractivity contribution in [2.45, 2.75) is 66.3 Å². The van der Waals surface area contributed by atoms with Gasteiger partial charge in [0.1, 0.15) is 0 Å². The first-order valence-corrected chi connectivity index (χ1v) is 12.5. The van der Waals surface area contributed by atoms with Crippen LogP contribution in [0.5, 0.6) is 0 Å². The lowest BCUT2D eigenvalue weighted by Crippen LogP contribution is -2.34. The van der Waals surface area contributed by atoms with Gasteiger partial charge in [-0.2, -0.15) is 0 Å². The van der Waals surface area contributed by atoms with Gasteiger partial charge in [0.25, 0.3) is 0 Å². The second-order valence-electron chi connectivity index (χ2n) is 6.92. The molecule has 0 aliphatic heterocycles. The fraction of sp³-hybridized carbons (Fsp3) is 1.00. The molecular formula is C20H47N3OSi. The predicted molar refractivity (Wildman–Crippen MR) is 115 cm³/mol. The van der Waals surface area contributed by atoms with E-state index < -0.39 is 0 Å². The van der Waals surface area contributed by atoms with E-state index in [2.05, 4.69) is 49.3 Å². The number of unbranched alkanes of at least 4 members (excludes halogenated alkanes) is 1. The molecule has 4 nitrogen and oxygen atoms in total. The maximum atomic E-state index is 5.88. The van der Waals surface area contributed by atoms with Gasteiger partial charge in [0, 0.05) is 6.61 Å². The third-order valence-electron chi connectivity index (χ3n) is 5.09. The summed E-state index contributed by atoms with van der Waals surface area (Å²) in [7, 11) is -0.310. The molecule has 152 valence electrons. The quantitative estimate of drug-likeness (QED) is 0.256. The van der Waals surface area contributed by atoms with Crippen LogP contribution < -0.4 is 0 Å². The minimum Gasteiger partial charge on any atom is -0.424 e. The first kappa shape index (κ1) is 25.1. The maximum absolute atomic E-state index is 5.88. The number of nitrogens with zero attached hydrogens (tertiary/aromatic N) is 3. The Bertz CT molecular complexity index is 243. The van der Waals surface area contributed by atoms with E-state index in [9.17, 15) is 0 Å². The predicted octanol–water partition coefficient (Wildman–Crippen LogP) is 3.07. The van der Waals surface area contributed by atoms with Crippen LogP contribution in [-0.2, 0) is 4.43 Å². The molecule has 0 aliphatic carbocycles. The fourth-order valence-electron chi connectivity index (χ4n) is 3.19. The number of hydrogen-bond donors (Lipinski definition) is 0. The Hall–Kier alpha value is 0.0569. The van der Waals surface area contributed by atoms with Crippen molar-refractivity contribution in [2.75, 3.05) is 65.5 Å². The summed E-state index contributed by atoms with van der Waals surface area (Å²) in [5, 5.41) is 0. The Morgan fingerprint density at radius 3 is 1.52 bits per heavy atom. The Morgan fingerprint density at radius 2 is 1.08 bits per heavy atom. The zero-order valence-electron chi connectivity index (χ0n) is 18.1. The van der Waals surface area contributed by atoms with Gasteiger partial charge in [-0.05, 0) is 84.2 Å². The van der Waals surface area contributed by atoms with E-state index >= 15 is 0 Å². The van der Waals surface area contributed by atoms with Crippen molar-refractivity contribution in [3.8, 4) is 0 Å². The van der Waals surface area contributed by atoms with E-state index in [1.165, 1.54) is 90.6 Å². The van der Waals surface area contributed by atoms with Gasteiger partial charge in [-0.1, -0.05) is 41.0 Å². The molecule has 0 N–H and O–H groups in total. The highest BCUT2D eigenvalue weighted by Gasteiger charge is 2.08. The highest BCUT2D eigenvalue weighted by Crippen LogP contribution is 2.01. The fourth-order valence-corrected chi connectivity index (χ4v) is 4.38. The van der Waals surface area contributed by atoms with Crippen LogP contribution >= 0.6 is 0 Å². The molecule has 0 aromatic carbocycles. The summed E-state index contributed by atoms with van der Waals surface area (Å²) in [5.74, 6) is 0. The molecule has 25 heavy (non-hydrogen) atoms. The first-order valence-electron chi connectivity index (χ1n) is 11.0. The molecule has 0 amide bonds. The molecule has 0 saturated heterocycles. The second-order valence-corrected chi connectivity index (χ2v) is 8.45. The molecule has 0 saturated carbocycles. The Balaban J connectivity index is 4.07. The van der Waals surface area contributed by atoms with Crippen LogP contribution in [0.2, 0.25) is 6.04 Å². The van der Waals surface area contributed by atoms with Crippen LogP contribution in [0.25, 0.3) is 0 Å². The summed E-state index contributed by atoms with van der Waals surface area (Å²) in [6, 6.07) is 1.31. The molecule has 0 radical (unpaired) electrons. The maximum Gasteiger partial charge on any atom is 0.162 e. The number of hydrogen-bond acceptors (Lipinski definition) is 4. The monoisotopic (exact) mass is 373 g/mol. The molecule has 0 spiro atoms. The summed E-state index contributed by atoms with van der Waals surface area (Å²) in [6.45, 7) is 23.2. The average molecular weight is 374 g/mol. The molecule has 0 rings (SSSR count). The van der Waals surface area contributed by atoms with Crippen molar-refractivity contribution >= 4 is 9.76 Å². The molecular weight excluding hydrogens is 326 g/mol. The van der Waals surface area contributed by atoms with Gasteiger partial charge in [0.05, 0.1) is 0 Å². The second kappa shape index (κ2) is 18.8. The van der Waals surface area contributed by atoms with E-state index in [1.54, 1.807) is 0 Å². The van der Waals surface area contributed by atoms with Gasteiger partial charge in [-0.25, -0.2) is 0 Å². The average Bonchev–Trinajstić information content (AvgIpc) is 2.64. The Kier molecular flexibility index (Phi) is 18.9. The third kappa shape index (κ3) is 14.9. The molecule has 0 bridgehead atoms. The van der Waals surface area contributed by atoms with Crippen molar-refractivity contribution in [2.24, 2.45) is 0 Å². The SMILES string of the molecule is CCCCO[SiH2]CCN(CCCN(CC)CC)CCCN(CC)CC. The summed E-state index contributed by atoms with van der Waals surface area (Å²) in [5.41, 5.74) is 0. The highest BCUT2D eigenvalue weighted by atomic mass is 28.2. The molecule has 0 unspecified atom stereocenters. The molecule has 0 atom stereocenters. The molecule has 0 fully saturated rings. The Morgan fingerprint density at radius 1 is 0.600 bits per heavy atom. The van der Waals surface area contributed by atoms with Crippen molar-refractivity contribution < 1.29 is 4.43 Å². The van der Waals surface area contributed by atoms with Crippen LogP contribution in [0.4, 0.5) is 0 Å². The van der Waals surface area contributed by atoms with Crippen LogP contribution in [0.1, 0.15) is 60.3 Å². The third-order valence-corrected chi connectivity index (χ3v) is 6.27. The van der Waals surface area contributed by atoms with Crippen molar-refractivity contribution in [1.82, 2.24) is 14.7 Å². The molecule has 0 heterocycles. The van der Waals surface area contributed by atoms with Crippen molar-refractivity contribution in [1.29, 1.82) is 0 Å². The molecule has 0 aromatic rings. The normalized spacial score (nSPS) is 12.5. The lowest BCUT2D eigenvalue weighted by molar-refractivity contribution is 0.222.